The molecule has 4 nitrogen and oxygen atoms in total. The topological polar surface area (TPSA) is 74.6 Å². The predicted octanol–water partition coefficient (Wildman–Crippen LogP) is 11.5. The summed E-state index contributed by atoms with van der Waals surface area (Å²) in [6.45, 7) is 0. The first-order valence-electron chi connectivity index (χ1n) is 17.2. The van der Waals surface area contributed by atoms with E-state index in [4.69, 9.17) is 10.2 Å². The number of aliphatic carboxylic acids is 2. The van der Waals surface area contributed by atoms with Crippen LogP contribution in [0, 0.1) is 0 Å². The van der Waals surface area contributed by atoms with Gasteiger partial charge in [-0.2, -0.15) is 23.5 Å². The molecule has 0 bridgehead atoms. The molecule has 6 heteroatoms. The van der Waals surface area contributed by atoms with Crippen LogP contribution in [-0.4, -0.2) is 45.2 Å². The first kappa shape index (κ1) is 39.6. The Hall–Kier alpha value is -0.360. The summed E-state index contributed by atoms with van der Waals surface area (Å²) < 4.78 is 0. The molecule has 0 atom stereocenters. The fourth-order valence-corrected chi connectivity index (χ4v) is 7.15. The Balaban J connectivity index is 3.04. The van der Waals surface area contributed by atoms with Crippen molar-refractivity contribution in [2.24, 2.45) is 0 Å². The predicted molar refractivity (Wildman–Crippen MR) is 179 cm³/mol. The molecule has 0 fully saturated rings. The summed E-state index contributed by atoms with van der Waals surface area (Å²) in [6.07, 6.45) is 34.6. The summed E-state index contributed by atoms with van der Waals surface area (Å²) in [5.74, 6) is 3.95. The van der Waals surface area contributed by atoms with Crippen molar-refractivity contribution in [1.82, 2.24) is 0 Å². The highest BCUT2D eigenvalue weighted by Crippen LogP contribution is 2.17. The zero-order valence-electron chi connectivity index (χ0n) is 26.2. The van der Waals surface area contributed by atoms with Gasteiger partial charge in [-0.05, 0) is 61.5 Å². The largest absolute Gasteiger partial charge is 0.481 e. The second kappa shape index (κ2) is 34.8. The highest BCUT2D eigenvalue weighted by Gasteiger charge is 1.99. The second-order valence-electron chi connectivity index (χ2n) is 11.7. The third kappa shape index (κ3) is 37.6. The molecule has 0 saturated carbocycles. The van der Waals surface area contributed by atoms with Gasteiger partial charge in [-0.25, -0.2) is 0 Å². The minimum absolute atomic E-state index is 0.332. The molecule has 2 N–H and O–H groups in total. The van der Waals surface area contributed by atoms with Gasteiger partial charge in [0.2, 0.25) is 0 Å². The van der Waals surface area contributed by atoms with Crippen LogP contribution in [0.5, 0.6) is 0 Å². The summed E-state index contributed by atoms with van der Waals surface area (Å²) in [4.78, 5) is 20.9. The van der Waals surface area contributed by atoms with Crippen LogP contribution in [0.15, 0.2) is 0 Å². The summed E-state index contributed by atoms with van der Waals surface area (Å²) in [6, 6.07) is 0. The van der Waals surface area contributed by atoms with Gasteiger partial charge in [0.1, 0.15) is 0 Å². The highest BCUT2D eigenvalue weighted by molar-refractivity contribution is 7.99. The molecule has 0 heterocycles. The number of hydrogen-bond acceptors (Lipinski definition) is 4. The van der Waals surface area contributed by atoms with Gasteiger partial charge in [0.05, 0.1) is 0 Å². The Bertz CT molecular complexity index is 484. The molecule has 0 aromatic carbocycles. The van der Waals surface area contributed by atoms with Gasteiger partial charge in [0.25, 0.3) is 0 Å². The molecule has 0 amide bonds. The average molecular weight is 603 g/mol. The molecular weight excluding hydrogens is 537 g/mol. The number of rotatable bonds is 35. The van der Waals surface area contributed by atoms with Crippen LogP contribution < -0.4 is 0 Å². The fourth-order valence-electron chi connectivity index (χ4n) is 5.11. The molecule has 0 rings (SSSR count). The molecule has 0 radical (unpaired) electrons. The molecule has 0 spiro atoms. The minimum Gasteiger partial charge on any atom is -0.481 e. The number of unbranched alkanes of at least 4 members (excludes halogenated alkanes) is 23. The lowest BCUT2D eigenvalue weighted by Crippen LogP contribution is -1.93. The molecule has 238 valence electrons. The molecule has 0 aromatic rings. The third-order valence-electron chi connectivity index (χ3n) is 7.69. The van der Waals surface area contributed by atoms with E-state index in [2.05, 4.69) is 23.5 Å². The minimum atomic E-state index is -0.660. The molecule has 0 aliphatic carbocycles. The van der Waals surface area contributed by atoms with E-state index < -0.39 is 11.9 Å². The number of thioether (sulfide) groups is 2. The quantitative estimate of drug-likeness (QED) is 0.0703. The molecular formula is C34H66O4S2. The van der Waals surface area contributed by atoms with Gasteiger partial charge in [-0.15, -0.1) is 0 Å². The lowest BCUT2D eigenvalue weighted by Gasteiger charge is -2.05. The van der Waals surface area contributed by atoms with Crippen molar-refractivity contribution in [2.45, 2.75) is 180 Å². The third-order valence-corrected chi connectivity index (χ3v) is 10.00. The molecule has 40 heavy (non-hydrogen) atoms. The van der Waals surface area contributed by atoms with Crippen molar-refractivity contribution in [3.05, 3.63) is 0 Å². The molecule has 0 unspecified atom stereocenters. The summed E-state index contributed by atoms with van der Waals surface area (Å²) in [7, 11) is 0. The summed E-state index contributed by atoms with van der Waals surface area (Å²) in [5.41, 5.74) is 0. The average Bonchev–Trinajstić information content (AvgIpc) is 2.93. The summed E-state index contributed by atoms with van der Waals surface area (Å²) in [5, 5.41) is 17.3. The number of carbonyl (C=O) groups is 2. The molecule has 0 saturated heterocycles. The van der Waals surface area contributed by atoms with Crippen molar-refractivity contribution in [3.63, 3.8) is 0 Å². The smallest absolute Gasteiger partial charge is 0.303 e. The number of carboxylic acids is 2. The van der Waals surface area contributed by atoms with E-state index in [9.17, 15) is 9.59 Å². The van der Waals surface area contributed by atoms with Crippen molar-refractivity contribution in [3.8, 4) is 0 Å². The van der Waals surface area contributed by atoms with Gasteiger partial charge in [-0.1, -0.05) is 128 Å². The van der Waals surface area contributed by atoms with Gasteiger partial charge in [-0.3, -0.25) is 9.59 Å². The van der Waals surface area contributed by atoms with Gasteiger partial charge >= 0.3 is 11.9 Å². The van der Waals surface area contributed by atoms with Crippen LogP contribution >= 0.6 is 23.5 Å². The van der Waals surface area contributed by atoms with Crippen molar-refractivity contribution in [2.75, 3.05) is 23.0 Å². The van der Waals surface area contributed by atoms with Gasteiger partial charge in [0, 0.05) is 12.8 Å². The maximum absolute atomic E-state index is 10.5. The van der Waals surface area contributed by atoms with E-state index >= 15 is 0 Å². The molecule has 0 aliphatic heterocycles. The normalized spacial score (nSPS) is 11.3. The van der Waals surface area contributed by atoms with Crippen LogP contribution in [0.1, 0.15) is 180 Å². The van der Waals surface area contributed by atoms with Crippen LogP contribution in [0.25, 0.3) is 0 Å². The number of hydrogen-bond donors (Lipinski definition) is 2. The number of carboxylic acid groups (broad SMARTS) is 2. The Morgan fingerprint density at radius 3 is 0.675 bits per heavy atom. The van der Waals surface area contributed by atoms with Crippen LogP contribution in [0.2, 0.25) is 0 Å². The molecule has 0 aliphatic rings. The van der Waals surface area contributed by atoms with Gasteiger partial charge in [0.15, 0.2) is 0 Å². The van der Waals surface area contributed by atoms with Crippen LogP contribution in [0.3, 0.4) is 0 Å². The van der Waals surface area contributed by atoms with E-state index in [1.165, 1.54) is 164 Å². The van der Waals surface area contributed by atoms with E-state index in [1.807, 2.05) is 0 Å². The summed E-state index contributed by atoms with van der Waals surface area (Å²) >= 11 is 4.26. The van der Waals surface area contributed by atoms with E-state index in [0.29, 0.717) is 12.8 Å². The second-order valence-corrected chi connectivity index (χ2v) is 14.2. The monoisotopic (exact) mass is 602 g/mol. The maximum atomic E-state index is 10.5. The zero-order chi connectivity index (χ0) is 29.2. The highest BCUT2D eigenvalue weighted by atomic mass is 32.2. The molecule has 0 aromatic heterocycles. The Morgan fingerprint density at radius 2 is 0.475 bits per heavy atom. The lowest BCUT2D eigenvalue weighted by molar-refractivity contribution is -0.138. The Kier molecular flexibility index (Phi) is 34.5. The van der Waals surface area contributed by atoms with E-state index in [1.54, 1.807) is 0 Å². The van der Waals surface area contributed by atoms with Crippen molar-refractivity contribution >= 4 is 35.5 Å². The van der Waals surface area contributed by atoms with E-state index in [0.717, 1.165) is 25.7 Å². The zero-order valence-corrected chi connectivity index (χ0v) is 27.8. The first-order valence-corrected chi connectivity index (χ1v) is 19.5. The maximum Gasteiger partial charge on any atom is 0.303 e. The fraction of sp³-hybridized carbons (Fsp3) is 0.941. The van der Waals surface area contributed by atoms with Crippen LogP contribution in [-0.2, 0) is 9.59 Å². The first-order chi connectivity index (χ1) is 19.6. The van der Waals surface area contributed by atoms with Crippen molar-refractivity contribution in [1.29, 1.82) is 0 Å². The van der Waals surface area contributed by atoms with Crippen molar-refractivity contribution < 1.29 is 19.8 Å². The Labute approximate surface area is 257 Å². The SMILES string of the molecule is O=C(O)CCCCCCCCCCCCCCCCSCCCCCCCCCCSCCCCCCC(=O)O. The van der Waals surface area contributed by atoms with Gasteiger partial charge < -0.3 is 10.2 Å². The van der Waals surface area contributed by atoms with E-state index in [-0.39, 0.29) is 0 Å². The Morgan fingerprint density at radius 1 is 0.300 bits per heavy atom. The lowest BCUT2D eigenvalue weighted by atomic mass is 10.0. The standard InChI is InChI=1S/C34H66O4S2/c35-33(36)27-21-15-11-7-5-3-1-2-4-6-8-12-17-23-29-39-30-24-18-13-9-10-14-19-25-31-40-32-26-20-16-22-28-34(37)38/h1-32H2,(H,35,36)(H,37,38). The van der Waals surface area contributed by atoms with Crippen LogP contribution in [0.4, 0.5) is 0 Å².